The maximum absolute atomic E-state index is 11.5. The maximum Gasteiger partial charge on any atom is 0.175 e. The van der Waals surface area contributed by atoms with Crippen molar-refractivity contribution >= 4 is 37.2 Å². The normalized spacial score (nSPS) is 11.7. The Morgan fingerprint density at radius 1 is 1.19 bits per heavy atom. The Hall–Kier alpha value is -2.19. The average Bonchev–Trinajstić information content (AvgIpc) is 3.08. The number of thiophene rings is 1. The molecular formula is C19H23N3O3S2. The highest BCUT2D eigenvalue weighted by atomic mass is 32.2. The second-order valence-electron chi connectivity index (χ2n) is 6.35. The Balaban J connectivity index is 1.55. The lowest BCUT2D eigenvalue weighted by Crippen LogP contribution is -2.21. The first-order valence-corrected chi connectivity index (χ1v) is 11.5. The highest BCUT2D eigenvalue weighted by Crippen LogP contribution is 2.30. The molecule has 0 bridgehead atoms. The van der Waals surface area contributed by atoms with E-state index in [1.165, 1.54) is 11.1 Å². The monoisotopic (exact) mass is 405 g/mol. The van der Waals surface area contributed by atoms with Crippen molar-refractivity contribution in [3.8, 4) is 5.75 Å². The molecule has 0 saturated carbocycles. The fraction of sp³-hybridized carbons (Fsp3) is 0.368. The summed E-state index contributed by atoms with van der Waals surface area (Å²) in [6.45, 7) is 3.48. The molecule has 0 aliphatic heterocycles. The molecule has 2 heterocycles. The number of nitrogens with zero attached hydrogens (tertiary/aromatic N) is 3. The zero-order valence-electron chi connectivity index (χ0n) is 15.7. The van der Waals surface area contributed by atoms with Crippen molar-refractivity contribution in [1.29, 1.82) is 0 Å². The summed E-state index contributed by atoms with van der Waals surface area (Å²) in [5.41, 5.74) is 0. The summed E-state index contributed by atoms with van der Waals surface area (Å²) in [5, 5.41) is 1.10. The van der Waals surface area contributed by atoms with E-state index in [1.807, 2.05) is 7.05 Å². The van der Waals surface area contributed by atoms with Crippen LogP contribution in [0.1, 0.15) is 18.2 Å². The molecule has 0 fully saturated rings. The van der Waals surface area contributed by atoms with Crippen LogP contribution in [0.4, 0.5) is 5.82 Å². The van der Waals surface area contributed by atoms with Gasteiger partial charge in [-0.05, 0) is 43.2 Å². The minimum Gasteiger partial charge on any atom is -0.494 e. The van der Waals surface area contributed by atoms with Crippen LogP contribution >= 0.6 is 11.3 Å². The average molecular weight is 406 g/mol. The van der Waals surface area contributed by atoms with Crippen LogP contribution in [0, 0.1) is 0 Å². The van der Waals surface area contributed by atoms with Gasteiger partial charge in [0.2, 0.25) is 0 Å². The lowest BCUT2D eigenvalue weighted by molar-refractivity contribution is 0.312. The van der Waals surface area contributed by atoms with Gasteiger partial charge in [-0.15, -0.1) is 11.3 Å². The minimum atomic E-state index is -3.18. The zero-order valence-corrected chi connectivity index (χ0v) is 17.3. The molecule has 3 rings (SSSR count). The van der Waals surface area contributed by atoms with Gasteiger partial charge in [-0.2, -0.15) is 0 Å². The fourth-order valence-electron chi connectivity index (χ4n) is 2.75. The molecule has 2 aromatic heterocycles. The molecule has 0 unspecified atom stereocenters. The SMILES string of the molecule is CCc1cc2c(N(C)CCCOc3ccc(S(C)(=O)=O)cc3)ncnc2s1. The molecule has 0 spiro atoms. The summed E-state index contributed by atoms with van der Waals surface area (Å²) in [5.74, 6) is 1.60. The smallest absolute Gasteiger partial charge is 0.175 e. The Labute approximate surface area is 163 Å². The van der Waals surface area contributed by atoms with Gasteiger partial charge in [0.1, 0.15) is 22.7 Å². The van der Waals surface area contributed by atoms with Gasteiger partial charge in [0.15, 0.2) is 9.84 Å². The Bertz CT molecular complexity index is 1010. The van der Waals surface area contributed by atoms with Gasteiger partial charge in [0, 0.05) is 24.7 Å². The molecule has 1 aromatic carbocycles. The number of rotatable bonds is 8. The number of fused-ring (bicyclic) bond motifs is 1. The first-order valence-electron chi connectivity index (χ1n) is 8.76. The number of aromatic nitrogens is 2. The second-order valence-corrected chi connectivity index (χ2v) is 9.48. The van der Waals surface area contributed by atoms with Crippen molar-refractivity contribution in [3.05, 3.63) is 41.5 Å². The van der Waals surface area contributed by atoms with Gasteiger partial charge in [-0.1, -0.05) is 6.92 Å². The number of benzene rings is 1. The van der Waals surface area contributed by atoms with E-state index in [9.17, 15) is 8.42 Å². The van der Waals surface area contributed by atoms with E-state index in [0.29, 0.717) is 17.3 Å². The number of anilines is 1. The van der Waals surface area contributed by atoms with E-state index in [4.69, 9.17) is 4.74 Å². The standard InChI is InChI=1S/C19H23N3O3S2/c1-4-15-12-17-18(20-13-21-19(17)26-15)22(2)10-5-11-25-14-6-8-16(9-7-14)27(3,23)24/h6-9,12-13H,4-5,10-11H2,1-3H3. The van der Waals surface area contributed by atoms with E-state index in [-0.39, 0.29) is 0 Å². The predicted molar refractivity (Wildman–Crippen MR) is 110 cm³/mol. The van der Waals surface area contributed by atoms with E-state index in [0.717, 1.165) is 35.4 Å². The number of hydrogen-bond acceptors (Lipinski definition) is 7. The topological polar surface area (TPSA) is 72.4 Å². The summed E-state index contributed by atoms with van der Waals surface area (Å²) in [6, 6.07) is 8.68. The third-order valence-corrected chi connectivity index (χ3v) is 6.54. The lowest BCUT2D eigenvalue weighted by atomic mass is 10.3. The first kappa shape index (κ1) is 19.6. The number of sulfone groups is 1. The Morgan fingerprint density at radius 3 is 2.59 bits per heavy atom. The summed E-state index contributed by atoms with van der Waals surface area (Å²) < 4.78 is 28.7. The van der Waals surface area contributed by atoms with Gasteiger partial charge >= 0.3 is 0 Å². The van der Waals surface area contributed by atoms with Crippen LogP contribution in [0.5, 0.6) is 5.75 Å². The lowest BCUT2D eigenvalue weighted by Gasteiger charge is -2.18. The molecule has 0 saturated heterocycles. The highest BCUT2D eigenvalue weighted by molar-refractivity contribution is 7.90. The quantitative estimate of drug-likeness (QED) is 0.534. The van der Waals surface area contributed by atoms with Gasteiger partial charge in [0.05, 0.1) is 16.9 Å². The predicted octanol–water partition coefficient (Wildman–Crippen LogP) is 3.56. The molecular weight excluding hydrogens is 382 g/mol. The van der Waals surface area contributed by atoms with Crippen LogP contribution in [0.25, 0.3) is 10.2 Å². The van der Waals surface area contributed by atoms with Crippen molar-refractivity contribution < 1.29 is 13.2 Å². The maximum atomic E-state index is 11.5. The molecule has 0 amide bonds. The van der Waals surface area contributed by atoms with Gasteiger partial charge in [-0.3, -0.25) is 0 Å². The molecule has 3 aromatic rings. The second kappa shape index (κ2) is 8.22. The van der Waals surface area contributed by atoms with Crippen LogP contribution in [0.3, 0.4) is 0 Å². The van der Waals surface area contributed by atoms with Crippen molar-refractivity contribution in [3.63, 3.8) is 0 Å². The summed E-state index contributed by atoms with van der Waals surface area (Å²) in [7, 11) is -1.16. The first-order chi connectivity index (χ1) is 12.9. The largest absolute Gasteiger partial charge is 0.494 e. The minimum absolute atomic E-state index is 0.296. The molecule has 8 heteroatoms. The molecule has 27 heavy (non-hydrogen) atoms. The van der Waals surface area contributed by atoms with E-state index in [1.54, 1.807) is 41.9 Å². The third kappa shape index (κ3) is 4.75. The van der Waals surface area contributed by atoms with Crippen LogP contribution in [-0.2, 0) is 16.3 Å². The van der Waals surface area contributed by atoms with Crippen molar-refractivity contribution in [1.82, 2.24) is 9.97 Å². The Kier molecular flexibility index (Phi) is 5.96. The number of aryl methyl sites for hydroxylation is 1. The number of hydrogen-bond donors (Lipinski definition) is 0. The van der Waals surface area contributed by atoms with Crippen LogP contribution in [0.2, 0.25) is 0 Å². The van der Waals surface area contributed by atoms with Crippen molar-refractivity contribution in [2.75, 3.05) is 31.4 Å². The molecule has 6 nitrogen and oxygen atoms in total. The molecule has 0 aliphatic rings. The molecule has 0 aliphatic carbocycles. The van der Waals surface area contributed by atoms with Crippen LogP contribution < -0.4 is 9.64 Å². The van der Waals surface area contributed by atoms with Crippen LogP contribution in [-0.4, -0.2) is 44.8 Å². The summed E-state index contributed by atoms with van der Waals surface area (Å²) >= 11 is 1.71. The van der Waals surface area contributed by atoms with Gasteiger partial charge in [-0.25, -0.2) is 18.4 Å². The van der Waals surface area contributed by atoms with Crippen molar-refractivity contribution in [2.24, 2.45) is 0 Å². The molecule has 144 valence electrons. The van der Waals surface area contributed by atoms with E-state index in [2.05, 4.69) is 27.9 Å². The summed E-state index contributed by atoms with van der Waals surface area (Å²) in [4.78, 5) is 13.6. The number of ether oxygens (including phenoxy) is 1. The fourth-order valence-corrected chi connectivity index (χ4v) is 4.31. The third-order valence-electron chi connectivity index (χ3n) is 4.23. The summed E-state index contributed by atoms with van der Waals surface area (Å²) in [6.07, 6.45) is 4.63. The van der Waals surface area contributed by atoms with Crippen molar-refractivity contribution in [2.45, 2.75) is 24.7 Å². The van der Waals surface area contributed by atoms with E-state index >= 15 is 0 Å². The molecule has 0 N–H and O–H groups in total. The Morgan fingerprint density at radius 2 is 1.93 bits per heavy atom. The van der Waals surface area contributed by atoms with E-state index < -0.39 is 9.84 Å². The molecule has 0 atom stereocenters. The zero-order chi connectivity index (χ0) is 19.4. The van der Waals surface area contributed by atoms with Gasteiger partial charge < -0.3 is 9.64 Å². The molecule has 0 radical (unpaired) electrons. The van der Waals surface area contributed by atoms with Gasteiger partial charge in [0.25, 0.3) is 0 Å². The highest BCUT2D eigenvalue weighted by Gasteiger charge is 2.12. The van der Waals surface area contributed by atoms with Crippen LogP contribution in [0.15, 0.2) is 41.6 Å².